The molecule has 0 aliphatic rings. The number of nitrogens with two attached hydrogens (primary N) is 1. The van der Waals surface area contributed by atoms with Crippen LogP contribution in [-0.2, 0) is 9.53 Å². The SMILES string of the molecule is CCCCCCCCCCCCOC(=O)CC(C)(C)N. The Morgan fingerprint density at radius 1 is 0.900 bits per heavy atom. The predicted molar refractivity (Wildman–Crippen MR) is 85.7 cm³/mol. The third kappa shape index (κ3) is 15.5. The van der Waals surface area contributed by atoms with Gasteiger partial charge in [0, 0.05) is 5.54 Å². The van der Waals surface area contributed by atoms with Gasteiger partial charge in [-0.1, -0.05) is 64.7 Å². The molecule has 2 N–H and O–H groups in total. The Kier molecular flexibility index (Phi) is 11.8. The maximum Gasteiger partial charge on any atom is 0.307 e. The van der Waals surface area contributed by atoms with Gasteiger partial charge < -0.3 is 10.5 Å². The van der Waals surface area contributed by atoms with Crippen LogP contribution in [0.1, 0.15) is 91.4 Å². The van der Waals surface area contributed by atoms with Crippen LogP contribution in [0.3, 0.4) is 0 Å². The van der Waals surface area contributed by atoms with Crippen molar-refractivity contribution in [2.45, 2.75) is 96.9 Å². The summed E-state index contributed by atoms with van der Waals surface area (Å²) in [4.78, 5) is 11.4. The van der Waals surface area contributed by atoms with Crippen molar-refractivity contribution in [3.8, 4) is 0 Å². The number of carbonyl (C=O) groups excluding carboxylic acids is 1. The minimum Gasteiger partial charge on any atom is -0.466 e. The molecule has 0 aliphatic heterocycles. The number of unbranched alkanes of at least 4 members (excludes halogenated alkanes) is 9. The van der Waals surface area contributed by atoms with Crippen molar-refractivity contribution in [1.29, 1.82) is 0 Å². The Labute approximate surface area is 125 Å². The second-order valence-electron chi connectivity index (χ2n) is 6.57. The topological polar surface area (TPSA) is 52.3 Å². The summed E-state index contributed by atoms with van der Waals surface area (Å²) in [5.41, 5.74) is 5.30. The molecule has 0 bridgehead atoms. The highest BCUT2D eigenvalue weighted by Crippen LogP contribution is 2.11. The molecule has 0 unspecified atom stereocenters. The van der Waals surface area contributed by atoms with Gasteiger partial charge in [-0.2, -0.15) is 0 Å². The summed E-state index contributed by atoms with van der Waals surface area (Å²) in [6.45, 7) is 6.48. The van der Waals surface area contributed by atoms with E-state index in [1.54, 1.807) is 0 Å². The Bertz CT molecular complexity index is 234. The molecule has 0 saturated heterocycles. The maximum atomic E-state index is 11.4. The van der Waals surface area contributed by atoms with Gasteiger partial charge in [0.15, 0.2) is 0 Å². The number of carbonyl (C=O) groups is 1. The lowest BCUT2D eigenvalue weighted by Crippen LogP contribution is -2.35. The lowest BCUT2D eigenvalue weighted by Gasteiger charge is -2.16. The van der Waals surface area contributed by atoms with Crippen molar-refractivity contribution in [2.75, 3.05) is 6.61 Å². The lowest BCUT2D eigenvalue weighted by molar-refractivity contribution is -0.144. The second kappa shape index (κ2) is 12.2. The number of ether oxygens (including phenoxy) is 1. The zero-order chi connectivity index (χ0) is 15.3. The summed E-state index contributed by atoms with van der Waals surface area (Å²) in [7, 11) is 0. The summed E-state index contributed by atoms with van der Waals surface area (Å²) in [6, 6.07) is 0. The summed E-state index contributed by atoms with van der Waals surface area (Å²) >= 11 is 0. The average molecular weight is 285 g/mol. The molecule has 20 heavy (non-hydrogen) atoms. The molecule has 3 nitrogen and oxygen atoms in total. The minimum atomic E-state index is -0.463. The van der Waals surface area contributed by atoms with Gasteiger partial charge in [0.05, 0.1) is 13.0 Å². The van der Waals surface area contributed by atoms with Crippen LogP contribution in [-0.4, -0.2) is 18.1 Å². The van der Waals surface area contributed by atoms with Crippen molar-refractivity contribution in [3.05, 3.63) is 0 Å². The monoisotopic (exact) mass is 285 g/mol. The van der Waals surface area contributed by atoms with Crippen LogP contribution in [0, 0.1) is 0 Å². The lowest BCUT2D eigenvalue weighted by atomic mass is 10.0. The molecule has 0 saturated carbocycles. The molecule has 3 heteroatoms. The predicted octanol–water partition coefficient (Wildman–Crippen LogP) is 4.58. The Hall–Kier alpha value is -0.570. The van der Waals surface area contributed by atoms with Gasteiger partial charge in [0.2, 0.25) is 0 Å². The van der Waals surface area contributed by atoms with E-state index in [1.165, 1.54) is 51.4 Å². The molecule has 0 aliphatic carbocycles. The number of esters is 1. The first-order valence-corrected chi connectivity index (χ1v) is 8.40. The summed E-state index contributed by atoms with van der Waals surface area (Å²) < 4.78 is 5.17. The smallest absolute Gasteiger partial charge is 0.307 e. The van der Waals surface area contributed by atoms with Crippen LogP contribution in [0.2, 0.25) is 0 Å². The normalized spacial score (nSPS) is 11.6. The van der Waals surface area contributed by atoms with Crippen LogP contribution in [0.4, 0.5) is 0 Å². The van der Waals surface area contributed by atoms with E-state index < -0.39 is 5.54 Å². The van der Waals surface area contributed by atoms with E-state index in [2.05, 4.69) is 6.92 Å². The van der Waals surface area contributed by atoms with Crippen LogP contribution < -0.4 is 5.73 Å². The van der Waals surface area contributed by atoms with Gasteiger partial charge in [-0.05, 0) is 20.3 Å². The molecule has 0 spiro atoms. The van der Waals surface area contributed by atoms with Crippen LogP contribution >= 0.6 is 0 Å². The van der Waals surface area contributed by atoms with Gasteiger partial charge in [0.1, 0.15) is 0 Å². The molecule has 0 amide bonds. The molecular weight excluding hydrogens is 250 g/mol. The average Bonchev–Trinajstić information content (AvgIpc) is 2.34. The van der Waals surface area contributed by atoms with Gasteiger partial charge in [0.25, 0.3) is 0 Å². The Morgan fingerprint density at radius 3 is 1.80 bits per heavy atom. The molecule has 0 aromatic heterocycles. The Morgan fingerprint density at radius 2 is 1.35 bits per heavy atom. The zero-order valence-electron chi connectivity index (χ0n) is 13.9. The highest BCUT2D eigenvalue weighted by Gasteiger charge is 2.16. The van der Waals surface area contributed by atoms with Crippen molar-refractivity contribution < 1.29 is 9.53 Å². The molecule has 0 heterocycles. The molecule has 0 aromatic carbocycles. The fourth-order valence-electron chi connectivity index (χ4n) is 2.20. The van der Waals surface area contributed by atoms with Crippen molar-refractivity contribution in [3.63, 3.8) is 0 Å². The van der Waals surface area contributed by atoms with Crippen LogP contribution in [0.15, 0.2) is 0 Å². The molecule has 0 aromatic rings. The highest BCUT2D eigenvalue weighted by atomic mass is 16.5. The number of rotatable bonds is 13. The summed E-state index contributed by atoms with van der Waals surface area (Å²) in [5.74, 6) is -0.173. The largest absolute Gasteiger partial charge is 0.466 e. The number of hydrogen-bond donors (Lipinski definition) is 1. The van der Waals surface area contributed by atoms with E-state index in [1.807, 2.05) is 13.8 Å². The molecule has 0 rings (SSSR count). The first-order chi connectivity index (χ1) is 9.45. The van der Waals surface area contributed by atoms with Crippen LogP contribution in [0.25, 0.3) is 0 Å². The fourth-order valence-corrected chi connectivity index (χ4v) is 2.20. The molecule has 0 fully saturated rings. The highest BCUT2D eigenvalue weighted by molar-refractivity contribution is 5.70. The van der Waals surface area contributed by atoms with Crippen molar-refractivity contribution in [1.82, 2.24) is 0 Å². The maximum absolute atomic E-state index is 11.4. The standard InChI is InChI=1S/C17H35NO2/c1-4-5-6-7-8-9-10-11-12-13-14-20-16(19)15-17(2,3)18/h4-15,18H2,1-3H3. The van der Waals surface area contributed by atoms with Gasteiger partial charge >= 0.3 is 5.97 Å². The number of hydrogen-bond acceptors (Lipinski definition) is 3. The second-order valence-corrected chi connectivity index (χ2v) is 6.57. The molecule has 0 radical (unpaired) electrons. The van der Waals surface area contributed by atoms with E-state index in [9.17, 15) is 4.79 Å². The van der Waals surface area contributed by atoms with E-state index in [4.69, 9.17) is 10.5 Å². The fraction of sp³-hybridized carbons (Fsp3) is 0.941. The minimum absolute atomic E-state index is 0.173. The molecular formula is C17H35NO2. The van der Waals surface area contributed by atoms with E-state index in [-0.39, 0.29) is 5.97 Å². The van der Waals surface area contributed by atoms with E-state index >= 15 is 0 Å². The van der Waals surface area contributed by atoms with Gasteiger partial charge in [-0.15, -0.1) is 0 Å². The van der Waals surface area contributed by atoms with E-state index in [0.29, 0.717) is 13.0 Å². The van der Waals surface area contributed by atoms with Gasteiger partial charge in [-0.25, -0.2) is 0 Å². The Balaban J connectivity index is 3.19. The third-order valence-electron chi connectivity index (χ3n) is 3.36. The van der Waals surface area contributed by atoms with Crippen LogP contribution in [0.5, 0.6) is 0 Å². The van der Waals surface area contributed by atoms with E-state index in [0.717, 1.165) is 12.8 Å². The molecule has 0 atom stereocenters. The van der Waals surface area contributed by atoms with Gasteiger partial charge in [-0.3, -0.25) is 4.79 Å². The third-order valence-corrected chi connectivity index (χ3v) is 3.36. The zero-order valence-corrected chi connectivity index (χ0v) is 13.9. The first-order valence-electron chi connectivity index (χ1n) is 8.40. The summed E-state index contributed by atoms with van der Waals surface area (Å²) in [6.07, 6.45) is 13.2. The molecule has 120 valence electrons. The quantitative estimate of drug-likeness (QED) is 0.398. The van der Waals surface area contributed by atoms with Crippen molar-refractivity contribution in [2.24, 2.45) is 5.73 Å². The van der Waals surface area contributed by atoms with Crippen molar-refractivity contribution >= 4 is 5.97 Å². The summed E-state index contributed by atoms with van der Waals surface area (Å²) in [5, 5.41) is 0. The first kappa shape index (κ1) is 19.4.